The van der Waals surface area contributed by atoms with Gasteiger partial charge >= 0.3 is 0 Å². The van der Waals surface area contributed by atoms with E-state index < -0.39 is 12.4 Å². The maximum absolute atomic E-state index is 12.9. The molecule has 2 aromatic rings. The summed E-state index contributed by atoms with van der Waals surface area (Å²) in [5.74, 6) is 9.39. The van der Waals surface area contributed by atoms with Crippen LogP contribution < -0.4 is 20.1 Å². The van der Waals surface area contributed by atoms with Gasteiger partial charge in [0.05, 0.1) is 18.8 Å². The van der Waals surface area contributed by atoms with Gasteiger partial charge in [-0.3, -0.25) is 9.79 Å². The first-order chi connectivity index (χ1) is 23.6. The number of aryl methyl sites for hydroxylation is 2. The first-order valence-electron chi connectivity index (χ1n) is 17.2. The molecule has 4 bridgehead atoms. The quantitative estimate of drug-likeness (QED) is 0.202. The van der Waals surface area contributed by atoms with Gasteiger partial charge in [0.25, 0.3) is 0 Å². The van der Waals surface area contributed by atoms with Gasteiger partial charge in [0.2, 0.25) is 6.29 Å². The van der Waals surface area contributed by atoms with Crippen molar-refractivity contribution in [2.24, 2.45) is 22.7 Å². The highest BCUT2D eigenvalue weighted by Crippen LogP contribution is 2.46. The molecule has 0 amide bonds. The van der Waals surface area contributed by atoms with Crippen LogP contribution in [0.5, 0.6) is 23.0 Å². The molecule has 0 saturated carbocycles. The monoisotopic (exact) mass is 709 g/mol. The summed E-state index contributed by atoms with van der Waals surface area (Å²) in [6, 6.07) is 5.56. The standard InChI is InChI=1S/C37H47N3O7S2/c1-20(2)31-19-49-48-18-29(30-13-14-38-37(39-30)40-31)28-17-27-22-8-11-25(42)16-24(41)10-7-21-9-12-32(43)34(46-3)26(21)6-4-5-23(15-22)33(44)35(27)47-36(28)45/h9,12,15,20,25,28-31,36,42-45H,5,7-8,10-11,13-14,16-19H2,1-3H3,(H2,38,39,40)/t25-,28+,29+,30-,31-,36+/m1/s1. The third-order valence-corrected chi connectivity index (χ3v) is 12.7. The molecule has 12 heteroatoms. The zero-order valence-electron chi connectivity index (χ0n) is 28.3. The molecule has 0 aromatic heterocycles. The molecule has 264 valence electrons. The van der Waals surface area contributed by atoms with Crippen LogP contribution in [0, 0.1) is 29.6 Å². The lowest BCUT2D eigenvalue weighted by molar-refractivity contribution is -0.121. The zero-order valence-corrected chi connectivity index (χ0v) is 30.0. The summed E-state index contributed by atoms with van der Waals surface area (Å²) in [4.78, 5) is 17.7. The van der Waals surface area contributed by atoms with Crippen LogP contribution in [0.15, 0.2) is 23.2 Å². The van der Waals surface area contributed by atoms with E-state index in [2.05, 4.69) is 36.3 Å². The molecule has 6 rings (SSSR count). The summed E-state index contributed by atoms with van der Waals surface area (Å²) < 4.78 is 11.7. The number of benzene rings is 2. The minimum Gasteiger partial charge on any atom is -0.504 e. The van der Waals surface area contributed by atoms with E-state index in [9.17, 15) is 25.2 Å². The van der Waals surface area contributed by atoms with Gasteiger partial charge in [-0.15, -0.1) is 0 Å². The zero-order chi connectivity index (χ0) is 34.7. The summed E-state index contributed by atoms with van der Waals surface area (Å²) in [6.45, 7) is 5.12. The number of aliphatic imine (C=N–C) groups is 1. The summed E-state index contributed by atoms with van der Waals surface area (Å²) in [5.41, 5.74) is 3.51. The van der Waals surface area contributed by atoms with Crippen LogP contribution in [0.4, 0.5) is 0 Å². The average Bonchev–Trinajstić information content (AvgIpc) is 3.08. The lowest BCUT2D eigenvalue weighted by Gasteiger charge is -2.42. The number of fused-ring (bicyclic) bond motifs is 7. The highest BCUT2D eigenvalue weighted by Gasteiger charge is 2.42. The number of carbonyl (C=O) groups is 1. The van der Waals surface area contributed by atoms with E-state index in [1.54, 1.807) is 6.07 Å². The Morgan fingerprint density at radius 3 is 2.61 bits per heavy atom. The number of nitrogens with one attached hydrogen (secondary N) is 2. The molecule has 6 atom stereocenters. The average molecular weight is 710 g/mol. The molecule has 0 radical (unpaired) electrons. The second kappa shape index (κ2) is 15.8. The highest BCUT2D eigenvalue weighted by molar-refractivity contribution is 8.76. The van der Waals surface area contributed by atoms with Gasteiger partial charge in [-0.05, 0) is 61.1 Å². The molecule has 10 nitrogen and oxygen atoms in total. The van der Waals surface area contributed by atoms with Gasteiger partial charge in [0.1, 0.15) is 5.78 Å². The van der Waals surface area contributed by atoms with Crippen LogP contribution in [0.3, 0.4) is 0 Å². The van der Waals surface area contributed by atoms with E-state index in [1.165, 1.54) is 13.2 Å². The number of aromatic hydroxyl groups is 2. The number of methoxy groups -OCH3 is 1. The number of guanidine groups is 1. The Bertz CT molecular complexity index is 1640. The fourth-order valence-electron chi connectivity index (χ4n) is 7.25. The number of ketones is 1. The Morgan fingerprint density at radius 1 is 1.00 bits per heavy atom. The summed E-state index contributed by atoms with van der Waals surface area (Å²) in [7, 11) is 5.12. The molecule has 1 fully saturated rings. The predicted molar refractivity (Wildman–Crippen MR) is 193 cm³/mol. The fourth-order valence-corrected chi connectivity index (χ4v) is 10.2. The number of hydrogen-bond acceptors (Lipinski definition) is 12. The molecule has 0 unspecified atom stereocenters. The lowest BCUT2D eigenvalue weighted by atomic mass is 9.78. The number of nitrogens with zero attached hydrogens (tertiary/aromatic N) is 1. The van der Waals surface area contributed by atoms with Crippen molar-refractivity contribution >= 4 is 33.3 Å². The Hall–Kier alpha value is -3.24. The van der Waals surface area contributed by atoms with E-state index in [1.807, 2.05) is 27.7 Å². The van der Waals surface area contributed by atoms with Crippen molar-refractivity contribution in [3.05, 3.63) is 46.0 Å². The third-order valence-electron chi connectivity index (χ3n) is 10.2. The molecule has 6 N–H and O–H groups in total. The SMILES string of the molecule is COc1c(O)ccc2c1C#CCc1cc(c3c(c1O)O[C@H](O)[C@H]([C@@H]1CSSC[C@H](C(C)C)NC4=NCC[C@H]1N4)C3)CC[C@@H](O)CC(=O)CC2. The van der Waals surface area contributed by atoms with Crippen LogP contribution in [0.25, 0.3) is 0 Å². The van der Waals surface area contributed by atoms with Crippen LogP contribution in [-0.4, -0.2) is 81.8 Å². The van der Waals surface area contributed by atoms with Crippen LogP contribution in [0.1, 0.15) is 67.3 Å². The minimum absolute atomic E-state index is 0.0289. The Labute approximate surface area is 296 Å². The molecule has 0 spiro atoms. The number of aliphatic hydroxyl groups is 2. The number of aliphatic hydroxyl groups excluding tert-OH is 2. The van der Waals surface area contributed by atoms with Crippen molar-refractivity contribution in [2.45, 2.75) is 89.7 Å². The number of hydrogen-bond donors (Lipinski definition) is 6. The van der Waals surface area contributed by atoms with Crippen LogP contribution in [-0.2, 0) is 30.5 Å². The van der Waals surface area contributed by atoms with E-state index >= 15 is 0 Å². The van der Waals surface area contributed by atoms with Crippen molar-refractivity contribution in [1.29, 1.82) is 0 Å². The maximum atomic E-state index is 12.9. The Kier molecular flexibility index (Phi) is 11.4. The van der Waals surface area contributed by atoms with Gasteiger partial charge in [-0.25, -0.2) is 0 Å². The topological polar surface area (TPSA) is 153 Å². The second-order valence-electron chi connectivity index (χ2n) is 13.8. The molecule has 49 heavy (non-hydrogen) atoms. The van der Waals surface area contributed by atoms with Gasteiger partial charge in [0.15, 0.2) is 29.0 Å². The number of phenolic OH excluding ortho intramolecular Hbond substituents is 2. The number of ether oxygens (including phenoxy) is 2. The number of carbonyl (C=O) groups excluding carboxylic acids is 1. The highest BCUT2D eigenvalue weighted by atomic mass is 33.1. The molecule has 1 saturated heterocycles. The molecule has 2 aromatic carbocycles. The maximum Gasteiger partial charge on any atom is 0.201 e. The van der Waals surface area contributed by atoms with Crippen LogP contribution in [0.2, 0.25) is 0 Å². The van der Waals surface area contributed by atoms with Crippen molar-refractivity contribution in [3.8, 4) is 34.8 Å². The predicted octanol–water partition coefficient (Wildman–Crippen LogP) is 4.11. The Morgan fingerprint density at radius 2 is 1.82 bits per heavy atom. The van der Waals surface area contributed by atoms with Crippen LogP contribution >= 0.6 is 21.6 Å². The molecular formula is C37H47N3O7S2. The van der Waals surface area contributed by atoms with E-state index in [4.69, 9.17) is 14.5 Å². The molecule has 3 aliphatic heterocycles. The van der Waals surface area contributed by atoms with Crippen molar-refractivity contribution in [3.63, 3.8) is 0 Å². The molecule has 4 aliphatic rings. The molecular weight excluding hydrogens is 663 g/mol. The van der Waals surface area contributed by atoms with Gasteiger partial charge in [-0.2, -0.15) is 0 Å². The second-order valence-corrected chi connectivity index (χ2v) is 16.3. The van der Waals surface area contributed by atoms with Crippen molar-refractivity contribution in [2.75, 3.05) is 25.2 Å². The third kappa shape index (κ3) is 8.06. The number of Topliss-reactive ketones (excluding diaryl/α,β-unsaturated/α-hetero) is 1. The van der Waals surface area contributed by atoms with E-state index in [-0.39, 0.29) is 65.9 Å². The van der Waals surface area contributed by atoms with Gasteiger partial charge in [0, 0.05) is 66.4 Å². The smallest absolute Gasteiger partial charge is 0.201 e. The van der Waals surface area contributed by atoms with Crippen molar-refractivity contribution in [1.82, 2.24) is 10.6 Å². The first-order valence-corrected chi connectivity index (χ1v) is 19.7. The molecule has 1 aliphatic carbocycles. The summed E-state index contributed by atoms with van der Waals surface area (Å²) in [5, 5.41) is 51.8. The van der Waals surface area contributed by atoms with Gasteiger partial charge in [-0.1, -0.05) is 59.4 Å². The number of phenols is 2. The first kappa shape index (κ1) is 35.6. The van der Waals surface area contributed by atoms with E-state index in [0.717, 1.165) is 40.6 Å². The number of rotatable bonds is 3. The normalized spacial score (nSPS) is 27.6. The van der Waals surface area contributed by atoms with Crippen molar-refractivity contribution < 1.29 is 34.7 Å². The fraction of sp³-hybridized carbons (Fsp3) is 0.568. The summed E-state index contributed by atoms with van der Waals surface area (Å²) >= 11 is 0. The largest absolute Gasteiger partial charge is 0.504 e. The van der Waals surface area contributed by atoms with E-state index in [0.29, 0.717) is 55.3 Å². The lowest BCUT2D eigenvalue weighted by Crippen LogP contribution is -2.57. The minimum atomic E-state index is -1.14. The van der Waals surface area contributed by atoms with Gasteiger partial charge < -0.3 is 40.5 Å². The molecule has 3 heterocycles. The summed E-state index contributed by atoms with van der Waals surface area (Å²) in [6.07, 6.45) is 1.01. The Balaban J connectivity index is 1.33.